The van der Waals surface area contributed by atoms with Crippen LogP contribution in [0.5, 0.6) is 0 Å². The van der Waals surface area contributed by atoms with Gasteiger partial charge in [-0.3, -0.25) is 4.31 Å². The third-order valence-electron chi connectivity index (χ3n) is 2.77. The molecule has 2 aromatic carbocycles. The van der Waals surface area contributed by atoms with E-state index in [0.717, 1.165) is 16.1 Å². The molecule has 0 amide bonds. The molecule has 4 heteroatoms. The van der Waals surface area contributed by atoms with Gasteiger partial charge in [0.05, 0.1) is 17.1 Å². The van der Waals surface area contributed by atoms with Crippen molar-refractivity contribution in [3.63, 3.8) is 0 Å². The van der Waals surface area contributed by atoms with Crippen molar-refractivity contribution in [2.75, 3.05) is 4.31 Å². The minimum Gasteiger partial charge on any atom is -0.283 e. The molecule has 0 fully saturated rings. The minimum absolute atomic E-state index is 0.662. The summed E-state index contributed by atoms with van der Waals surface area (Å²) in [6, 6.07) is 15.3. The van der Waals surface area contributed by atoms with Crippen LogP contribution in [-0.2, 0) is 17.5 Å². The molecule has 0 aliphatic carbocycles. The highest BCUT2D eigenvalue weighted by molar-refractivity contribution is 7.86. The average Bonchev–Trinajstić information content (AvgIpc) is 2.68. The summed E-state index contributed by atoms with van der Waals surface area (Å²) in [5.41, 5.74) is 2.01. The van der Waals surface area contributed by atoms with Gasteiger partial charge in [-0.1, -0.05) is 35.9 Å². The Labute approximate surface area is 107 Å². The second-order valence-electron chi connectivity index (χ2n) is 3.87. The first-order valence-corrected chi connectivity index (χ1v) is 6.77. The monoisotopic (exact) mass is 263 g/mol. The number of nitrogens with zero attached hydrogens (tertiary/aromatic N) is 1. The summed E-state index contributed by atoms with van der Waals surface area (Å²) in [5, 5.41) is 0.662. The summed E-state index contributed by atoms with van der Waals surface area (Å²) >= 11 is 5.96. The van der Waals surface area contributed by atoms with Gasteiger partial charge in [0.1, 0.15) is 0 Å². The Bertz CT molecular complexity index is 599. The Kier molecular flexibility index (Phi) is 2.65. The summed E-state index contributed by atoms with van der Waals surface area (Å²) in [4.78, 5) is 0.896. The predicted molar refractivity (Wildman–Crippen MR) is 70.5 cm³/mol. The van der Waals surface area contributed by atoms with Gasteiger partial charge in [0.2, 0.25) is 0 Å². The Morgan fingerprint density at radius 1 is 1.12 bits per heavy atom. The number of hydrogen-bond donors (Lipinski definition) is 0. The largest absolute Gasteiger partial charge is 0.283 e. The zero-order valence-electron chi connectivity index (χ0n) is 8.97. The van der Waals surface area contributed by atoms with Crippen molar-refractivity contribution >= 4 is 28.3 Å². The van der Waals surface area contributed by atoms with Crippen LogP contribution in [0, 0.1) is 0 Å². The summed E-state index contributed by atoms with van der Waals surface area (Å²) in [6.07, 6.45) is 0. The fourth-order valence-corrected chi connectivity index (χ4v) is 3.49. The van der Waals surface area contributed by atoms with Crippen LogP contribution >= 0.6 is 11.6 Å². The SMILES string of the molecule is O=S1c2ccccc2CN1c1cccc(Cl)c1. The first kappa shape index (κ1) is 10.8. The molecule has 0 N–H and O–H groups in total. The zero-order chi connectivity index (χ0) is 11.8. The van der Waals surface area contributed by atoms with Crippen molar-refractivity contribution in [1.29, 1.82) is 0 Å². The number of benzene rings is 2. The van der Waals surface area contributed by atoms with Crippen LogP contribution in [0.4, 0.5) is 5.69 Å². The molecule has 0 radical (unpaired) electrons. The van der Waals surface area contributed by atoms with Crippen molar-refractivity contribution in [2.24, 2.45) is 0 Å². The zero-order valence-corrected chi connectivity index (χ0v) is 10.5. The molecule has 0 saturated carbocycles. The third kappa shape index (κ3) is 1.85. The van der Waals surface area contributed by atoms with E-state index in [1.165, 1.54) is 0 Å². The van der Waals surface area contributed by atoms with Crippen LogP contribution in [-0.4, -0.2) is 4.21 Å². The Morgan fingerprint density at radius 2 is 1.94 bits per heavy atom. The molecule has 86 valence electrons. The predicted octanol–water partition coefficient (Wildman–Crippen LogP) is 3.38. The first-order valence-electron chi connectivity index (χ1n) is 5.28. The molecule has 1 unspecified atom stereocenters. The van der Waals surface area contributed by atoms with E-state index in [1.54, 1.807) is 0 Å². The van der Waals surface area contributed by atoms with Gasteiger partial charge in [-0.25, -0.2) is 4.21 Å². The van der Waals surface area contributed by atoms with Gasteiger partial charge in [0.15, 0.2) is 11.0 Å². The molecule has 1 heterocycles. The molecule has 0 spiro atoms. The summed E-state index contributed by atoms with van der Waals surface area (Å²) in [5.74, 6) is 0. The van der Waals surface area contributed by atoms with Gasteiger partial charge in [-0.05, 0) is 29.8 Å². The van der Waals surface area contributed by atoms with Gasteiger partial charge < -0.3 is 0 Å². The summed E-state index contributed by atoms with van der Waals surface area (Å²) in [7, 11) is -1.12. The van der Waals surface area contributed by atoms with Crippen molar-refractivity contribution in [1.82, 2.24) is 0 Å². The molecule has 2 aromatic rings. The number of rotatable bonds is 1. The van der Waals surface area contributed by atoms with Crippen LogP contribution in [0.2, 0.25) is 5.02 Å². The lowest BCUT2D eigenvalue weighted by atomic mass is 10.2. The minimum atomic E-state index is -1.12. The second kappa shape index (κ2) is 4.17. The van der Waals surface area contributed by atoms with Gasteiger partial charge >= 0.3 is 0 Å². The molecular weight excluding hydrogens is 254 g/mol. The lowest BCUT2D eigenvalue weighted by molar-refractivity contribution is 0.683. The summed E-state index contributed by atoms with van der Waals surface area (Å²) in [6.45, 7) is 0.670. The molecule has 3 rings (SSSR count). The second-order valence-corrected chi connectivity index (χ2v) is 5.69. The highest BCUT2D eigenvalue weighted by atomic mass is 35.5. The fourth-order valence-electron chi connectivity index (χ4n) is 1.96. The Morgan fingerprint density at radius 3 is 2.71 bits per heavy atom. The number of anilines is 1. The molecule has 0 saturated heterocycles. The van der Waals surface area contributed by atoms with E-state index < -0.39 is 11.0 Å². The smallest absolute Gasteiger partial charge is 0.153 e. The van der Waals surface area contributed by atoms with E-state index in [4.69, 9.17) is 11.6 Å². The molecule has 2 nitrogen and oxygen atoms in total. The van der Waals surface area contributed by atoms with E-state index in [2.05, 4.69) is 0 Å². The molecule has 17 heavy (non-hydrogen) atoms. The standard InChI is InChI=1S/C13H10ClNOS/c14-11-5-3-6-12(8-11)15-9-10-4-1-2-7-13(10)17(15)16/h1-8H,9H2. The van der Waals surface area contributed by atoms with E-state index in [0.29, 0.717) is 11.6 Å². The van der Waals surface area contributed by atoms with Crippen LogP contribution < -0.4 is 4.31 Å². The maximum atomic E-state index is 12.3. The van der Waals surface area contributed by atoms with Gasteiger partial charge in [0, 0.05) is 5.02 Å². The number of fused-ring (bicyclic) bond motifs is 1. The lowest BCUT2D eigenvalue weighted by Crippen LogP contribution is -2.17. The fraction of sp³-hybridized carbons (Fsp3) is 0.0769. The molecule has 0 aromatic heterocycles. The number of hydrogen-bond acceptors (Lipinski definition) is 1. The third-order valence-corrected chi connectivity index (χ3v) is 4.52. The normalized spacial score (nSPS) is 18.2. The quantitative estimate of drug-likeness (QED) is 0.772. The van der Waals surface area contributed by atoms with Crippen molar-refractivity contribution in [3.8, 4) is 0 Å². The molecule has 0 bridgehead atoms. The van der Waals surface area contributed by atoms with E-state index >= 15 is 0 Å². The average molecular weight is 264 g/mol. The maximum Gasteiger partial charge on any atom is 0.153 e. The lowest BCUT2D eigenvalue weighted by Gasteiger charge is -2.15. The van der Waals surface area contributed by atoms with Crippen molar-refractivity contribution < 1.29 is 4.21 Å². The van der Waals surface area contributed by atoms with E-state index in [9.17, 15) is 4.21 Å². The van der Waals surface area contributed by atoms with Crippen LogP contribution in [0.3, 0.4) is 0 Å². The number of halogens is 1. The Hall–Kier alpha value is -1.32. The van der Waals surface area contributed by atoms with Gasteiger partial charge in [-0.15, -0.1) is 0 Å². The topological polar surface area (TPSA) is 20.3 Å². The molecular formula is C13H10ClNOS. The first-order chi connectivity index (χ1) is 8.25. The van der Waals surface area contributed by atoms with E-state index in [1.807, 2.05) is 52.8 Å². The Balaban J connectivity index is 2.02. The van der Waals surface area contributed by atoms with E-state index in [-0.39, 0.29) is 0 Å². The molecule has 1 atom stereocenters. The van der Waals surface area contributed by atoms with Crippen LogP contribution in [0.15, 0.2) is 53.4 Å². The highest BCUT2D eigenvalue weighted by Crippen LogP contribution is 2.32. The molecule has 1 aliphatic heterocycles. The highest BCUT2D eigenvalue weighted by Gasteiger charge is 2.26. The van der Waals surface area contributed by atoms with Crippen LogP contribution in [0.25, 0.3) is 0 Å². The van der Waals surface area contributed by atoms with Gasteiger partial charge in [-0.2, -0.15) is 0 Å². The maximum absolute atomic E-state index is 12.3. The summed E-state index contributed by atoms with van der Waals surface area (Å²) < 4.78 is 14.2. The van der Waals surface area contributed by atoms with Crippen molar-refractivity contribution in [3.05, 3.63) is 59.1 Å². The molecule has 1 aliphatic rings. The van der Waals surface area contributed by atoms with Crippen LogP contribution in [0.1, 0.15) is 5.56 Å². The van der Waals surface area contributed by atoms with Gasteiger partial charge in [0.25, 0.3) is 0 Å². The van der Waals surface area contributed by atoms with Crippen molar-refractivity contribution in [2.45, 2.75) is 11.4 Å².